The number of aromatic amines is 1. The van der Waals surface area contributed by atoms with Crippen molar-refractivity contribution >= 4 is 10.0 Å². The zero-order chi connectivity index (χ0) is 22.1. The van der Waals surface area contributed by atoms with E-state index < -0.39 is 14.8 Å². The molecule has 0 aliphatic heterocycles. The molecule has 0 unspecified atom stereocenters. The summed E-state index contributed by atoms with van der Waals surface area (Å²) in [6, 6.07) is 14.0. The van der Waals surface area contributed by atoms with Gasteiger partial charge in [-0.2, -0.15) is 0 Å². The molecule has 0 atom stereocenters. The van der Waals surface area contributed by atoms with Gasteiger partial charge in [0.15, 0.2) is 0 Å². The van der Waals surface area contributed by atoms with Crippen LogP contribution in [0.2, 0.25) is 0 Å². The quantitative estimate of drug-likeness (QED) is 0.594. The van der Waals surface area contributed by atoms with Crippen molar-refractivity contribution in [2.75, 3.05) is 0 Å². The summed E-state index contributed by atoms with van der Waals surface area (Å²) in [6.07, 6.45) is 7.12. The molecule has 31 heavy (non-hydrogen) atoms. The summed E-state index contributed by atoms with van der Waals surface area (Å²) in [5.74, 6) is 0.357. The van der Waals surface area contributed by atoms with Crippen LogP contribution < -0.4 is 4.72 Å². The van der Waals surface area contributed by atoms with E-state index in [-0.39, 0.29) is 6.04 Å². The van der Waals surface area contributed by atoms with Crippen molar-refractivity contribution in [1.29, 1.82) is 0 Å². The zero-order valence-corrected chi connectivity index (χ0v) is 19.1. The third-order valence-electron chi connectivity index (χ3n) is 6.00. The van der Waals surface area contributed by atoms with Gasteiger partial charge in [0.2, 0.25) is 10.0 Å². The van der Waals surface area contributed by atoms with E-state index in [1.54, 1.807) is 33.2 Å². The fraction of sp³-hybridized carbons (Fsp3) is 0.417. The van der Waals surface area contributed by atoms with Gasteiger partial charge in [-0.15, -0.1) is 0 Å². The lowest BCUT2D eigenvalue weighted by molar-refractivity contribution is 0.368. The molecule has 3 heterocycles. The molecule has 1 aliphatic rings. The lowest BCUT2D eigenvalue weighted by Crippen LogP contribution is -2.45. The maximum atomic E-state index is 12.5. The molecular weight excluding hydrogens is 408 g/mol. The molecule has 7 heteroatoms. The second-order valence-electron chi connectivity index (χ2n) is 9.23. The molecule has 3 aromatic rings. The number of hydrogen-bond acceptors (Lipinski definition) is 4. The molecule has 0 bridgehead atoms. The van der Waals surface area contributed by atoms with Crippen molar-refractivity contribution in [2.45, 2.75) is 63.2 Å². The Labute approximate surface area is 184 Å². The van der Waals surface area contributed by atoms with Gasteiger partial charge in [-0.25, -0.2) is 13.1 Å². The zero-order valence-electron chi connectivity index (χ0n) is 18.3. The number of aromatic nitrogens is 3. The number of nitrogens with zero attached hydrogens (tertiary/aromatic N) is 2. The van der Waals surface area contributed by atoms with Gasteiger partial charge in [0.1, 0.15) is 0 Å². The molecule has 0 amide bonds. The number of sulfonamides is 1. The van der Waals surface area contributed by atoms with Crippen LogP contribution in [0.25, 0.3) is 22.6 Å². The summed E-state index contributed by atoms with van der Waals surface area (Å²) in [4.78, 5) is 12.7. The van der Waals surface area contributed by atoms with E-state index in [1.165, 1.54) is 5.69 Å². The van der Waals surface area contributed by atoms with Gasteiger partial charge in [-0.05, 0) is 82.7 Å². The first-order valence-electron chi connectivity index (χ1n) is 10.8. The van der Waals surface area contributed by atoms with Gasteiger partial charge in [-0.3, -0.25) is 9.97 Å². The molecule has 4 rings (SSSR count). The number of nitrogens with one attached hydrogen (secondary N) is 2. The third-order valence-corrected chi connectivity index (χ3v) is 8.25. The molecule has 6 nitrogen and oxygen atoms in total. The van der Waals surface area contributed by atoms with Crippen LogP contribution in [0.3, 0.4) is 0 Å². The molecule has 0 saturated heterocycles. The minimum absolute atomic E-state index is 0.000887. The van der Waals surface area contributed by atoms with Crippen LogP contribution in [-0.4, -0.2) is 34.2 Å². The fourth-order valence-electron chi connectivity index (χ4n) is 4.05. The molecule has 164 valence electrons. The third kappa shape index (κ3) is 4.72. The summed E-state index contributed by atoms with van der Waals surface area (Å²) < 4.78 is 27.1. The summed E-state index contributed by atoms with van der Waals surface area (Å²) in [6.45, 7) is 5.20. The molecule has 0 radical (unpaired) electrons. The smallest absolute Gasteiger partial charge is 0.216 e. The first-order chi connectivity index (χ1) is 14.7. The minimum atomic E-state index is -3.33. The van der Waals surface area contributed by atoms with E-state index in [2.05, 4.69) is 25.7 Å². The van der Waals surface area contributed by atoms with Crippen LogP contribution in [0.5, 0.6) is 0 Å². The molecule has 1 saturated carbocycles. The Balaban J connectivity index is 1.56. The van der Waals surface area contributed by atoms with Gasteiger partial charge in [-0.1, -0.05) is 12.1 Å². The van der Waals surface area contributed by atoms with Gasteiger partial charge < -0.3 is 4.98 Å². The van der Waals surface area contributed by atoms with Gasteiger partial charge in [0, 0.05) is 29.7 Å². The predicted molar refractivity (Wildman–Crippen MR) is 124 cm³/mol. The highest BCUT2D eigenvalue weighted by molar-refractivity contribution is 7.90. The maximum Gasteiger partial charge on any atom is 0.216 e. The number of pyridine rings is 2. The van der Waals surface area contributed by atoms with E-state index in [1.807, 2.05) is 36.4 Å². The largest absolute Gasteiger partial charge is 0.356 e. The van der Waals surface area contributed by atoms with Crippen molar-refractivity contribution in [2.24, 2.45) is 0 Å². The highest BCUT2D eigenvalue weighted by Crippen LogP contribution is 2.38. The van der Waals surface area contributed by atoms with Crippen LogP contribution in [0, 0.1) is 0 Å². The minimum Gasteiger partial charge on any atom is -0.356 e. The Morgan fingerprint density at radius 2 is 1.55 bits per heavy atom. The van der Waals surface area contributed by atoms with E-state index in [0.717, 1.165) is 48.3 Å². The van der Waals surface area contributed by atoms with Crippen LogP contribution >= 0.6 is 0 Å². The van der Waals surface area contributed by atoms with Crippen molar-refractivity contribution in [3.8, 4) is 22.6 Å². The lowest BCUT2D eigenvalue weighted by atomic mass is 9.84. The summed E-state index contributed by atoms with van der Waals surface area (Å²) in [5, 5.41) is 0. The number of hydrogen-bond donors (Lipinski definition) is 2. The Morgan fingerprint density at radius 3 is 2.10 bits per heavy atom. The molecular formula is C24H30N4O2S. The van der Waals surface area contributed by atoms with Crippen LogP contribution in [0.1, 0.15) is 58.1 Å². The molecule has 1 aliphatic carbocycles. The topological polar surface area (TPSA) is 87.7 Å². The SMILES string of the molecule is CC(C)(C)S(=O)(=O)N[C@H]1CC[C@H](c2cc(-c3ccccn3)c(-c3ccccn3)[nH]2)CC1. The van der Waals surface area contributed by atoms with E-state index in [4.69, 9.17) is 0 Å². The second-order valence-corrected chi connectivity index (χ2v) is 11.7. The maximum absolute atomic E-state index is 12.5. The van der Waals surface area contributed by atoms with Gasteiger partial charge in [0.05, 0.1) is 21.8 Å². The summed E-state index contributed by atoms with van der Waals surface area (Å²) in [7, 11) is -3.33. The molecule has 0 aromatic carbocycles. The number of H-pyrrole nitrogens is 1. The van der Waals surface area contributed by atoms with Crippen molar-refractivity contribution < 1.29 is 8.42 Å². The fourth-order valence-corrected chi connectivity index (χ4v) is 5.08. The molecule has 0 spiro atoms. The van der Waals surface area contributed by atoms with Crippen LogP contribution in [-0.2, 0) is 10.0 Å². The van der Waals surface area contributed by atoms with Crippen molar-refractivity contribution in [1.82, 2.24) is 19.7 Å². The second kappa shape index (κ2) is 8.55. The Bertz CT molecular complexity index is 1050. The van der Waals surface area contributed by atoms with E-state index in [9.17, 15) is 8.42 Å². The highest BCUT2D eigenvalue weighted by atomic mass is 32.2. The predicted octanol–water partition coefficient (Wildman–Crippen LogP) is 4.88. The first-order valence-corrected chi connectivity index (χ1v) is 12.3. The molecule has 3 aromatic heterocycles. The first kappa shape index (κ1) is 21.7. The Morgan fingerprint density at radius 1 is 0.935 bits per heavy atom. The average Bonchev–Trinajstić information content (AvgIpc) is 3.20. The van der Waals surface area contributed by atoms with Gasteiger partial charge >= 0.3 is 0 Å². The van der Waals surface area contributed by atoms with E-state index in [0.29, 0.717) is 5.92 Å². The monoisotopic (exact) mass is 438 g/mol. The van der Waals surface area contributed by atoms with Gasteiger partial charge in [0.25, 0.3) is 0 Å². The average molecular weight is 439 g/mol. The molecule has 2 N–H and O–H groups in total. The van der Waals surface area contributed by atoms with Crippen molar-refractivity contribution in [3.05, 3.63) is 60.6 Å². The normalized spacial score (nSPS) is 20.0. The summed E-state index contributed by atoms with van der Waals surface area (Å²) in [5.41, 5.74) is 4.99. The molecule has 1 fully saturated rings. The van der Waals surface area contributed by atoms with E-state index >= 15 is 0 Å². The van der Waals surface area contributed by atoms with Crippen LogP contribution in [0.4, 0.5) is 0 Å². The number of rotatable bonds is 5. The standard InChI is InChI=1S/C24H30N4O2S/c1-24(2,3)31(29,30)28-18-12-10-17(11-13-18)22-16-19(20-8-4-6-14-25-20)23(27-22)21-9-5-7-15-26-21/h4-9,14-18,27-28H,10-13H2,1-3H3/t17-,18-. The highest BCUT2D eigenvalue weighted by Gasteiger charge is 2.33. The lowest BCUT2D eigenvalue weighted by Gasteiger charge is -2.31. The van der Waals surface area contributed by atoms with Crippen molar-refractivity contribution in [3.63, 3.8) is 0 Å². The van der Waals surface area contributed by atoms with Crippen LogP contribution in [0.15, 0.2) is 54.9 Å². The Hall–Kier alpha value is -2.51. The summed E-state index contributed by atoms with van der Waals surface area (Å²) >= 11 is 0. The Kier molecular flexibility index (Phi) is 5.99.